The van der Waals surface area contributed by atoms with Gasteiger partial charge < -0.3 is 15.8 Å². The number of hydrogen-bond donors (Lipinski definition) is 2. The van der Waals surface area contributed by atoms with Crippen LogP contribution in [-0.4, -0.2) is 12.1 Å². The molecule has 9 heteroatoms. The van der Waals surface area contributed by atoms with Crippen LogP contribution >= 0.6 is 23.2 Å². The van der Waals surface area contributed by atoms with Crippen LogP contribution in [-0.2, 0) is 11.3 Å². The second kappa shape index (κ2) is 7.29. The van der Waals surface area contributed by atoms with E-state index in [4.69, 9.17) is 28.9 Å². The molecule has 0 aliphatic rings. The molecule has 4 nitrogen and oxygen atoms in total. The molecule has 2 aromatic carbocycles. The van der Waals surface area contributed by atoms with E-state index in [0.717, 1.165) is 11.6 Å². The van der Waals surface area contributed by atoms with Gasteiger partial charge in [0.25, 0.3) is 0 Å². The Balaban J connectivity index is 2.21. The first-order valence-electron chi connectivity index (χ1n) is 6.55. The largest absolute Gasteiger partial charge is 0.491 e. The van der Waals surface area contributed by atoms with Crippen molar-refractivity contribution in [1.29, 1.82) is 0 Å². The van der Waals surface area contributed by atoms with Crippen molar-refractivity contribution in [2.24, 2.45) is 5.73 Å². The lowest BCUT2D eigenvalue weighted by Gasteiger charge is -2.13. The fraction of sp³-hybridized carbons (Fsp3) is 0.133. The highest BCUT2D eigenvalue weighted by Gasteiger charge is 2.41. The molecule has 0 unspecified atom stereocenters. The number of carbonyl (C=O) groups is 1. The molecule has 0 saturated heterocycles. The van der Waals surface area contributed by atoms with E-state index in [0.29, 0.717) is 17.9 Å². The number of ether oxygens (including phenoxy) is 1. The molecule has 0 aromatic heterocycles. The predicted molar refractivity (Wildman–Crippen MR) is 85.8 cm³/mol. The minimum Gasteiger partial charge on any atom is -0.418 e. The van der Waals surface area contributed by atoms with Gasteiger partial charge in [0, 0.05) is 12.2 Å². The number of alkyl halides is 3. The average molecular weight is 379 g/mol. The third-order valence-corrected chi connectivity index (χ3v) is 3.81. The van der Waals surface area contributed by atoms with Gasteiger partial charge in [0.1, 0.15) is 5.02 Å². The van der Waals surface area contributed by atoms with Crippen LogP contribution in [0.5, 0.6) is 5.75 Å². The van der Waals surface area contributed by atoms with Crippen molar-refractivity contribution < 1.29 is 22.7 Å². The number of hydrogen-bond acceptors (Lipinski definition) is 4. The highest BCUT2D eigenvalue weighted by molar-refractivity contribution is 6.44. The maximum Gasteiger partial charge on any atom is 0.491 e. The molecule has 0 radical (unpaired) electrons. The summed E-state index contributed by atoms with van der Waals surface area (Å²) in [7, 11) is 0. The van der Waals surface area contributed by atoms with Crippen LogP contribution in [0.2, 0.25) is 10.0 Å². The quantitative estimate of drug-likeness (QED) is 0.599. The summed E-state index contributed by atoms with van der Waals surface area (Å²) in [4.78, 5) is 10.9. The van der Waals surface area contributed by atoms with Crippen LogP contribution in [0.1, 0.15) is 5.56 Å². The zero-order chi connectivity index (χ0) is 17.9. The van der Waals surface area contributed by atoms with Gasteiger partial charge >= 0.3 is 12.1 Å². The topological polar surface area (TPSA) is 64.3 Å². The molecule has 0 heterocycles. The molecule has 2 aromatic rings. The maximum atomic E-state index is 12.2. The van der Waals surface area contributed by atoms with Gasteiger partial charge in [-0.15, -0.1) is 0 Å². The fourth-order valence-corrected chi connectivity index (χ4v) is 2.15. The van der Waals surface area contributed by atoms with Crippen LogP contribution in [0.15, 0.2) is 36.4 Å². The Morgan fingerprint density at radius 3 is 2.25 bits per heavy atom. The smallest absolute Gasteiger partial charge is 0.418 e. The van der Waals surface area contributed by atoms with Crippen LogP contribution in [0.4, 0.5) is 24.5 Å². The number of esters is 1. The second-order valence-electron chi connectivity index (χ2n) is 4.65. The Labute approximate surface area is 145 Å². The number of rotatable bonds is 4. The van der Waals surface area contributed by atoms with E-state index in [1.807, 2.05) is 0 Å². The molecule has 24 heavy (non-hydrogen) atoms. The van der Waals surface area contributed by atoms with E-state index in [1.54, 1.807) is 24.3 Å². The van der Waals surface area contributed by atoms with Crippen LogP contribution in [0.3, 0.4) is 0 Å². The lowest BCUT2D eigenvalue weighted by Crippen LogP contribution is -2.28. The number of nitrogens with one attached hydrogen (secondary N) is 1. The zero-order valence-corrected chi connectivity index (χ0v) is 13.5. The van der Waals surface area contributed by atoms with Crippen molar-refractivity contribution in [3.05, 3.63) is 52.0 Å². The number of benzene rings is 2. The molecule has 0 spiro atoms. The Bertz CT molecular complexity index is 750. The van der Waals surface area contributed by atoms with E-state index >= 15 is 0 Å². The first kappa shape index (κ1) is 18.4. The van der Waals surface area contributed by atoms with Crippen molar-refractivity contribution >= 4 is 40.5 Å². The Hall–Kier alpha value is -1.96. The Morgan fingerprint density at radius 2 is 1.71 bits per heavy atom. The van der Waals surface area contributed by atoms with E-state index in [9.17, 15) is 18.0 Å². The highest BCUT2D eigenvalue weighted by atomic mass is 35.5. The Kier molecular flexibility index (Phi) is 5.58. The summed E-state index contributed by atoms with van der Waals surface area (Å²) in [5.41, 5.74) is 7.45. The van der Waals surface area contributed by atoms with E-state index in [2.05, 4.69) is 10.1 Å². The third kappa shape index (κ3) is 4.31. The molecular formula is C15H11Cl2F3N2O2. The number of anilines is 2. The molecule has 0 amide bonds. The highest BCUT2D eigenvalue weighted by Crippen LogP contribution is 2.39. The second-order valence-corrected chi connectivity index (χ2v) is 5.41. The van der Waals surface area contributed by atoms with Crippen molar-refractivity contribution in [1.82, 2.24) is 0 Å². The molecule has 0 aliphatic carbocycles. The normalized spacial score (nSPS) is 11.2. The van der Waals surface area contributed by atoms with Crippen molar-refractivity contribution in [3.63, 3.8) is 0 Å². The van der Waals surface area contributed by atoms with Gasteiger partial charge in [0.2, 0.25) is 0 Å². The van der Waals surface area contributed by atoms with Gasteiger partial charge in [0.15, 0.2) is 5.75 Å². The molecule has 0 fully saturated rings. The molecule has 0 bridgehead atoms. The molecular weight excluding hydrogens is 368 g/mol. The van der Waals surface area contributed by atoms with E-state index in [1.165, 1.54) is 6.07 Å². The summed E-state index contributed by atoms with van der Waals surface area (Å²) in [5, 5.41) is 2.57. The summed E-state index contributed by atoms with van der Waals surface area (Å²) in [6.45, 7) is 0.395. The fourth-order valence-electron chi connectivity index (χ4n) is 1.74. The van der Waals surface area contributed by atoms with Crippen molar-refractivity contribution in [2.45, 2.75) is 12.7 Å². The number of carbonyl (C=O) groups excluding carboxylic acids is 1. The predicted octanol–water partition coefficient (Wildman–Crippen LogP) is 4.66. The molecule has 3 N–H and O–H groups in total. The van der Waals surface area contributed by atoms with E-state index in [-0.39, 0.29) is 10.0 Å². The molecule has 0 aliphatic heterocycles. The third-order valence-electron chi connectivity index (χ3n) is 2.95. The lowest BCUT2D eigenvalue weighted by molar-refractivity contribution is -0.189. The summed E-state index contributed by atoms with van der Waals surface area (Å²) < 4.78 is 40.9. The molecule has 128 valence electrons. The van der Waals surface area contributed by atoms with Crippen LogP contribution in [0.25, 0.3) is 0 Å². The van der Waals surface area contributed by atoms with Gasteiger partial charge in [-0.3, -0.25) is 0 Å². The van der Waals surface area contributed by atoms with E-state index < -0.39 is 17.9 Å². The monoisotopic (exact) mass is 378 g/mol. The standard InChI is InChI=1S/C15H11Cl2F3N2O2/c16-12-10(22-9-3-1-8(7-21)2-4-9)5-6-11(13(12)17)24-14(23)15(18,19)20/h1-6,22H,7,21H2. The lowest BCUT2D eigenvalue weighted by atomic mass is 10.2. The van der Waals surface area contributed by atoms with Crippen molar-refractivity contribution in [3.8, 4) is 5.75 Å². The average Bonchev–Trinajstić information content (AvgIpc) is 2.54. The minimum absolute atomic E-state index is 0.0768. The van der Waals surface area contributed by atoms with Crippen LogP contribution < -0.4 is 15.8 Å². The summed E-state index contributed by atoms with van der Waals surface area (Å²) in [5.74, 6) is -2.86. The summed E-state index contributed by atoms with van der Waals surface area (Å²) >= 11 is 11.9. The van der Waals surface area contributed by atoms with Gasteiger partial charge in [0.05, 0.1) is 10.7 Å². The Morgan fingerprint density at radius 1 is 1.08 bits per heavy atom. The molecule has 0 saturated carbocycles. The van der Waals surface area contributed by atoms with Gasteiger partial charge in [-0.05, 0) is 29.8 Å². The summed E-state index contributed by atoms with van der Waals surface area (Å²) in [6.07, 6.45) is -5.13. The first-order chi connectivity index (χ1) is 11.2. The number of halogens is 5. The van der Waals surface area contributed by atoms with Gasteiger partial charge in [-0.25, -0.2) is 4.79 Å². The van der Waals surface area contributed by atoms with Gasteiger partial charge in [-0.2, -0.15) is 13.2 Å². The van der Waals surface area contributed by atoms with Gasteiger partial charge in [-0.1, -0.05) is 35.3 Å². The zero-order valence-electron chi connectivity index (χ0n) is 12.0. The maximum absolute atomic E-state index is 12.2. The number of nitrogens with two attached hydrogens (primary N) is 1. The van der Waals surface area contributed by atoms with Crippen LogP contribution in [0, 0.1) is 0 Å². The van der Waals surface area contributed by atoms with Crippen molar-refractivity contribution in [2.75, 3.05) is 5.32 Å². The SMILES string of the molecule is NCc1ccc(Nc2ccc(OC(=O)C(F)(F)F)c(Cl)c2Cl)cc1. The molecule has 0 atom stereocenters. The minimum atomic E-state index is -5.13. The summed E-state index contributed by atoms with van der Waals surface area (Å²) in [6, 6.07) is 9.58. The molecule has 2 rings (SSSR count). The first-order valence-corrected chi connectivity index (χ1v) is 7.31.